The summed E-state index contributed by atoms with van der Waals surface area (Å²) in [5.41, 5.74) is 1.18. The average molecular weight is 471 g/mol. The van der Waals surface area contributed by atoms with Crippen molar-refractivity contribution in [3.63, 3.8) is 0 Å². The Balaban J connectivity index is 1.34. The number of aromatic nitrogens is 1. The summed E-state index contributed by atoms with van der Waals surface area (Å²) < 4.78 is 0. The standard InChI is InChI=1S/C28H46N4O2/c1-2-3-4-5-6-7-8-9-10-11-18-30-27(33)25-14-13-22-32(25)28(34)26-15-12-21-31(26)23-24-16-19-29-20-17-24/h16-17,19-20,25-26H,2-15,18,21-23H2,1H3,(H,30,33)/t25?,26-/m0/s1. The maximum absolute atomic E-state index is 13.4. The number of likely N-dealkylation sites (tertiary alicyclic amines) is 2. The third-order valence-electron chi connectivity index (χ3n) is 7.45. The van der Waals surface area contributed by atoms with Crippen LogP contribution in [0.25, 0.3) is 0 Å². The highest BCUT2D eigenvalue weighted by Gasteiger charge is 2.40. The average Bonchev–Trinajstić information content (AvgIpc) is 3.53. The molecule has 3 rings (SSSR count). The molecule has 0 bridgehead atoms. The number of rotatable bonds is 15. The van der Waals surface area contributed by atoms with Gasteiger partial charge in [0.1, 0.15) is 6.04 Å². The second-order valence-corrected chi connectivity index (χ2v) is 10.1. The summed E-state index contributed by atoms with van der Waals surface area (Å²) >= 11 is 0. The van der Waals surface area contributed by atoms with Crippen LogP contribution >= 0.6 is 0 Å². The van der Waals surface area contributed by atoms with Crippen molar-refractivity contribution < 1.29 is 9.59 Å². The van der Waals surface area contributed by atoms with Crippen LogP contribution in [-0.4, -0.2) is 58.3 Å². The summed E-state index contributed by atoms with van der Waals surface area (Å²) in [4.78, 5) is 34.5. The highest BCUT2D eigenvalue weighted by molar-refractivity contribution is 5.90. The molecule has 0 aromatic carbocycles. The van der Waals surface area contributed by atoms with Crippen LogP contribution in [0.5, 0.6) is 0 Å². The Morgan fingerprint density at radius 3 is 2.21 bits per heavy atom. The molecule has 2 amide bonds. The molecule has 3 heterocycles. The number of pyridine rings is 1. The monoisotopic (exact) mass is 470 g/mol. The molecule has 1 aromatic heterocycles. The first-order valence-electron chi connectivity index (χ1n) is 13.9. The van der Waals surface area contributed by atoms with Gasteiger partial charge in [0.25, 0.3) is 0 Å². The van der Waals surface area contributed by atoms with E-state index in [2.05, 4.69) is 22.1 Å². The molecule has 6 nitrogen and oxygen atoms in total. The van der Waals surface area contributed by atoms with Gasteiger partial charge in [0, 0.05) is 32.0 Å². The van der Waals surface area contributed by atoms with Gasteiger partial charge in [0.05, 0.1) is 6.04 Å². The first-order chi connectivity index (χ1) is 16.7. The lowest BCUT2D eigenvalue weighted by Crippen LogP contribution is -2.51. The van der Waals surface area contributed by atoms with Gasteiger partial charge < -0.3 is 10.2 Å². The highest BCUT2D eigenvalue weighted by Crippen LogP contribution is 2.26. The van der Waals surface area contributed by atoms with Crippen LogP contribution in [0.2, 0.25) is 0 Å². The third-order valence-corrected chi connectivity index (χ3v) is 7.45. The van der Waals surface area contributed by atoms with Crippen molar-refractivity contribution in [1.82, 2.24) is 20.1 Å². The van der Waals surface area contributed by atoms with E-state index >= 15 is 0 Å². The first-order valence-corrected chi connectivity index (χ1v) is 13.9. The van der Waals surface area contributed by atoms with Crippen molar-refractivity contribution >= 4 is 11.8 Å². The maximum atomic E-state index is 13.4. The molecule has 0 saturated carbocycles. The van der Waals surface area contributed by atoms with Gasteiger partial charge in [0.15, 0.2) is 0 Å². The number of nitrogens with one attached hydrogen (secondary N) is 1. The Bertz CT molecular complexity index is 726. The van der Waals surface area contributed by atoms with Crippen molar-refractivity contribution in [1.29, 1.82) is 0 Å². The minimum Gasteiger partial charge on any atom is -0.354 e. The van der Waals surface area contributed by atoms with Gasteiger partial charge in [-0.25, -0.2) is 0 Å². The molecule has 2 saturated heterocycles. The number of carbonyl (C=O) groups is 2. The van der Waals surface area contributed by atoms with E-state index in [0.29, 0.717) is 6.54 Å². The van der Waals surface area contributed by atoms with E-state index in [1.54, 1.807) is 12.4 Å². The minimum atomic E-state index is -0.293. The summed E-state index contributed by atoms with van der Waals surface area (Å²) in [6.07, 6.45) is 20.1. The molecule has 34 heavy (non-hydrogen) atoms. The van der Waals surface area contributed by atoms with Crippen molar-refractivity contribution in [2.45, 2.75) is 115 Å². The Morgan fingerprint density at radius 2 is 1.50 bits per heavy atom. The van der Waals surface area contributed by atoms with E-state index in [9.17, 15) is 9.59 Å². The van der Waals surface area contributed by atoms with Gasteiger partial charge in [-0.2, -0.15) is 0 Å². The Labute approximate surface area is 206 Å². The zero-order valence-electron chi connectivity index (χ0n) is 21.4. The molecule has 2 fully saturated rings. The quantitative estimate of drug-likeness (QED) is 0.363. The zero-order valence-corrected chi connectivity index (χ0v) is 21.4. The topological polar surface area (TPSA) is 65.5 Å². The largest absolute Gasteiger partial charge is 0.354 e. The highest BCUT2D eigenvalue weighted by atomic mass is 16.2. The van der Waals surface area contributed by atoms with Gasteiger partial charge >= 0.3 is 0 Å². The number of nitrogens with zero attached hydrogens (tertiary/aromatic N) is 3. The summed E-state index contributed by atoms with van der Waals surface area (Å²) in [5, 5.41) is 3.12. The molecule has 2 aliphatic rings. The van der Waals surface area contributed by atoms with Gasteiger partial charge in [-0.3, -0.25) is 19.5 Å². The number of carbonyl (C=O) groups excluding carboxylic acids is 2. The van der Waals surface area contributed by atoms with E-state index in [1.165, 1.54) is 63.4 Å². The van der Waals surface area contributed by atoms with Gasteiger partial charge in [0.2, 0.25) is 11.8 Å². The van der Waals surface area contributed by atoms with Crippen LogP contribution in [0, 0.1) is 0 Å². The van der Waals surface area contributed by atoms with E-state index in [4.69, 9.17) is 0 Å². The first kappa shape index (κ1) is 26.7. The zero-order chi connectivity index (χ0) is 24.0. The fourth-order valence-corrected chi connectivity index (χ4v) is 5.45. The fourth-order valence-electron chi connectivity index (χ4n) is 5.45. The number of hydrogen-bond donors (Lipinski definition) is 1. The lowest BCUT2D eigenvalue weighted by atomic mass is 10.1. The molecule has 1 aromatic rings. The van der Waals surface area contributed by atoms with Gasteiger partial charge in [-0.05, 0) is 56.3 Å². The van der Waals surface area contributed by atoms with E-state index in [1.807, 2.05) is 17.0 Å². The molecule has 2 aliphatic heterocycles. The third kappa shape index (κ3) is 8.37. The molecule has 0 aliphatic carbocycles. The minimum absolute atomic E-state index is 0.0421. The lowest BCUT2D eigenvalue weighted by molar-refractivity contribution is -0.142. The number of amides is 2. The summed E-state index contributed by atoms with van der Waals surface area (Å²) in [6, 6.07) is 3.63. The molecule has 0 spiro atoms. The fraction of sp³-hybridized carbons (Fsp3) is 0.750. The molecule has 0 radical (unpaired) electrons. The molecule has 1 unspecified atom stereocenters. The Kier molecular flexibility index (Phi) is 11.9. The second kappa shape index (κ2) is 15.1. The number of unbranched alkanes of at least 4 members (excludes halogenated alkanes) is 9. The van der Waals surface area contributed by atoms with E-state index < -0.39 is 0 Å². The van der Waals surface area contributed by atoms with Crippen LogP contribution in [0.15, 0.2) is 24.5 Å². The summed E-state index contributed by atoms with van der Waals surface area (Å²) in [5.74, 6) is 0.184. The van der Waals surface area contributed by atoms with Crippen LogP contribution in [-0.2, 0) is 16.1 Å². The van der Waals surface area contributed by atoms with Crippen molar-refractivity contribution in [3.05, 3.63) is 30.1 Å². The van der Waals surface area contributed by atoms with Crippen molar-refractivity contribution in [3.8, 4) is 0 Å². The predicted molar refractivity (Wildman–Crippen MR) is 137 cm³/mol. The van der Waals surface area contributed by atoms with E-state index in [-0.39, 0.29) is 23.9 Å². The maximum Gasteiger partial charge on any atom is 0.242 e. The van der Waals surface area contributed by atoms with E-state index in [0.717, 1.165) is 51.7 Å². The number of hydrogen-bond acceptors (Lipinski definition) is 4. The van der Waals surface area contributed by atoms with Crippen LogP contribution < -0.4 is 5.32 Å². The molecule has 2 atom stereocenters. The van der Waals surface area contributed by atoms with Crippen LogP contribution in [0.3, 0.4) is 0 Å². The molecular weight excluding hydrogens is 424 g/mol. The molecule has 6 heteroatoms. The predicted octanol–water partition coefficient (Wildman–Crippen LogP) is 5.07. The molecule has 190 valence electrons. The Morgan fingerprint density at radius 1 is 0.882 bits per heavy atom. The SMILES string of the molecule is CCCCCCCCCCCCNC(=O)C1CCCN1C(=O)[C@@H]1CCCN1Cc1ccncc1. The van der Waals surface area contributed by atoms with Crippen molar-refractivity contribution in [2.24, 2.45) is 0 Å². The van der Waals surface area contributed by atoms with Crippen molar-refractivity contribution in [2.75, 3.05) is 19.6 Å². The molecule has 1 N–H and O–H groups in total. The normalized spacial score (nSPS) is 20.7. The van der Waals surface area contributed by atoms with Crippen LogP contribution in [0.4, 0.5) is 0 Å². The summed E-state index contributed by atoms with van der Waals surface area (Å²) in [7, 11) is 0. The second-order valence-electron chi connectivity index (χ2n) is 10.1. The van der Waals surface area contributed by atoms with Gasteiger partial charge in [-0.15, -0.1) is 0 Å². The van der Waals surface area contributed by atoms with Gasteiger partial charge in [-0.1, -0.05) is 64.7 Å². The smallest absolute Gasteiger partial charge is 0.242 e. The van der Waals surface area contributed by atoms with Crippen LogP contribution in [0.1, 0.15) is 102 Å². The molecular formula is C28H46N4O2. The lowest BCUT2D eigenvalue weighted by Gasteiger charge is -2.31. The Hall–Kier alpha value is -1.95. The summed E-state index contributed by atoms with van der Waals surface area (Å²) in [6.45, 7) is 5.39.